The van der Waals surface area contributed by atoms with Gasteiger partial charge in [-0.15, -0.1) is 0 Å². The van der Waals surface area contributed by atoms with Gasteiger partial charge in [-0.1, -0.05) is 24.3 Å². The topological polar surface area (TPSA) is 49.3 Å². The molecule has 0 aromatic heterocycles. The minimum Gasteiger partial charge on any atom is -0.384 e. The molecular formula is C19H19F2NO2. The Bertz CT molecular complexity index is 743. The summed E-state index contributed by atoms with van der Waals surface area (Å²) >= 11 is 0. The molecule has 0 bridgehead atoms. The molecule has 1 amide bonds. The van der Waals surface area contributed by atoms with Gasteiger partial charge < -0.3 is 10.4 Å². The van der Waals surface area contributed by atoms with Gasteiger partial charge >= 0.3 is 0 Å². The Hall–Kier alpha value is -2.27. The van der Waals surface area contributed by atoms with Gasteiger partial charge in [-0.05, 0) is 54.7 Å². The predicted octanol–water partition coefficient (Wildman–Crippen LogP) is 3.09. The predicted molar refractivity (Wildman–Crippen MR) is 86.2 cm³/mol. The zero-order valence-electron chi connectivity index (χ0n) is 13.3. The molecular weight excluding hydrogens is 312 g/mol. The van der Waals surface area contributed by atoms with Crippen molar-refractivity contribution >= 4 is 5.91 Å². The van der Waals surface area contributed by atoms with E-state index >= 15 is 0 Å². The fraction of sp³-hybridized carbons (Fsp3) is 0.316. The molecule has 5 heteroatoms. The van der Waals surface area contributed by atoms with Crippen LogP contribution in [-0.4, -0.2) is 17.6 Å². The molecule has 3 nitrogen and oxygen atoms in total. The van der Waals surface area contributed by atoms with Crippen molar-refractivity contribution in [3.63, 3.8) is 0 Å². The maximum Gasteiger partial charge on any atom is 0.223 e. The monoisotopic (exact) mass is 331 g/mol. The summed E-state index contributed by atoms with van der Waals surface area (Å²) in [5.74, 6) is -1.02. The first-order valence-electron chi connectivity index (χ1n) is 7.88. The van der Waals surface area contributed by atoms with Gasteiger partial charge in [0, 0.05) is 5.92 Å². The summed E-state index contributed by atoms with van der Waals surface area (Å²) in [7, 11) is 0. The number of carbonyl (C=O) groups excluding carboxylic acids is 1. The van der Waals surface area contributed by atoms with Gasteiger partial charge in [-0.3, -0.25) is 4.79 Å². The number of carbonyl (C=O) groups is 1. The van der Waals surface area contributed by atoms with E-state index in [0.29, 0.717) is 12.0 Å². The number of nitrogens with one attached hydrogen (secondary N) is 1. The Balaban J connectivity index is 1.57. The van der Waals surface area contributed by atoms with E-state index in [9.17, 15) is 18.7 Å². The van der Waals surface area contributed by atoms with Crippen LogP contribution >= 0.6 is 0 Å². The first-order chi connectivity index (χ1) is 11.4. The van der Waals surface area contributed by atoms with Crippen molar-refractivity contribution in [1.82, 2.24) is 5.32 Å². The molecule has 24 heavy (non-hydrogen) atoms. The van der Waals surface area contributed by atoms with Crippen LogP contribution in [0.2, 0.25) is 0 Å². The Morgan fingerprint density at radius 2 is 1.92 bits per heavy atom. The molecule has 2 N–H and O–H groups in total. The number of aliphatic hydroxyl groups is 1. The lowest BCUT2D eigenvalue weighted by atomic mass is 9.96. The number of hydrogen-bond acceptors (Lipinski definition) is 2. The summed E-state index contributed by atoms with van der Waals surface area (Å²) in [4.78, 5) is 12.2. The molecule has 2 aromatic carbocycles. The van der Waals surface area contributed by atoms with E-state index in [-0.39, 0.29) is 35.9 Å². The fourth-order valence-electron chi connectivity index (χ4n) is 2.89. The maximum absolute atomic E-state index is 13.2. The zero-order valence-corrected chi connectivity index (χ0v) is 13.3. The standard InChI is InChI=1S/C19H19F2NO2/c1-19(24,13-5-7-14(20)8-6-13)11-22-18(23)17-10-16(17)12-3-2-4-15(21)9-12/h2-9,16-17,24H,10-11H2,1H3,(H,22,23)/t16-,17+,19+/m1/s1. The Morgan fingerprint density at radius 1 is 1.21 bits per heavy atom. The van der Waals surface area contributed by atoms with Crippen molar-refractivity contribution < 1.29 is 18.7 Å². The smallest absolute Gasteiger partial charge is 0.223 e. The van der Waals surface area contributed by atoms with Crippen LogP contribution in [0.3, 0.4) is 0 Å². The van der Waals surface area contributed by atoms with Gasteiger partial charge in [0.1, 0.15) is 17.2 Å². The fourth-order valence-corrected chi connectivity index (χ4v) is 2.89. The lowest BCUT2D eigenvalue weighted by Gasteiger charge is -2.24. The second kappa shape index (κ2) is 6.32. The van der Waals surface area contributed by atoms with Crippen LogP contribution in [0.5, 0.6) is 0 Å². The Kier molecular flexibility index (Phi) is 4.37. The average Bonchev–Trinajstić information content (AvgIpc) is 3.34. The van der Waals surface area contributed by atoms with E-state index < -0.39 is 5.60 Å². The molecule has 1 aliphatic rings. The average molecular weight is 331 g/mol. The van der Waals surface area contributed by atoms with E-state index in [1.54, 1.807) is 13.0 Å². The van der Waals surface area contributed by atoms with E-state index in [1.807, 2.05) is 6.07 Å². The van der Waals surface area contributed by atoms with Gasteiger partial charge in [0.2, 0.25) is 5.91 Å². The highest BCUT2D eigenvalue weighted by atomic mass is 19.1. The number of hydrogen-bond donors (Lipinski definition) is 2. The molecule has 0 heterocycles. The molecule has 1 saturated carbocycles. The van der Waals surface area contributed by atoms with E-state index in [0.717, 1.165) is 5.56 Å². The minimum atomic E-state index is -1.29. The van der Waals surface area contributed by atoms with Crippen LogP contribution in [0.25, 0.3) is 0 Å². The van der Waals surface area contributed by atoms with Gasteiger partial charge in [0.15, 0.2) is 0 Å². The molecule has 0 radical (unpaired) electrons. The Morgan fingerprint density at radius 3 is 2.58 bits per heavy atom. The third-order valence-corrected chi connectivity index (χ3v) is 4.48. The minimum absolute atomic E-state index is 0.0245. The third kappa shape index (κ3) is 3.62. The number of halogens is 2. The van der Waals surface area contributed by atoms with Crippen molar-refractivity contribution in [2.24, 2.45) is 5.92 Å². The van der Waals surface area contributed by atoms with E-state index in [1.165, 1.54) is 36.4 Å². The van der Waals surface area contributed by atoms with Gasteiger partial charge in [-0.25, -0.2) is 8.78 Å². The second-order valence-corrected chi connectivity index (χ2v) is 6.50. The number of rotatable bonds is 5. The first-order valence-corrected chi connectivity index (χ1v) is 7.88. The molecule has 2 aromatic rings. The largest absolute Gasteiger partial charge is 0.384 e. The van der Waals surface area contributed by atoms with Crippen LogP contribution < -0.4 is 5.32 Å². The number of benzene rings is 2. The summed E-state index contributed by atoms with van der Waals surface area (Å²) < 4.78 is 26.2. The Labute approximate surface area is 139 Å². The van der Waals surface area contributed by atoms with E-state index in [2.05, 4.69) is 5.32 Å². The molecule has 3 rings (SSSR count). The lowest BCUT2D eigenvalue weighted by Crippen LogP contribution is -2.39. The SMILES string of the molecule is C[C@](O)(CNC(=O)[C@H]1C[C@@H]1c1cccc(F)c1)c1ccc(F)cc1. The highest BCUT2D eigenvalue weighted by molar-refractivity contribution is 5.83. The summed E-state index contributed by atoms with van der Waals surface area (Å²) in [5, 5.41) is 13.2. The normalized spacial score (nSPS) is 21.8. The van der Waals surface area contributed by atoms with Crippen molar-refractivity contribution in [1.29, 1.82) is 0 Å². The van der Waals surface area contributed by atoms with Crippen molar-refractivity contribution in [2.75, 3.05) is 6.54 Å². The van der Waals surface area contributed by atoms with Gasteiger partial charge in [-0.2, -0.15) is 0 Å². The van der Waals surface area contributed by atoms with Crippen LogP contribution in [0.4, 0.5) is 8.78 Å². The van der Waals surface area contributed by atoms with Crippen molar-refractivity contribution in [3.8, 4) is 0 Å². The number of amides is 1. The summed E-state index contributed by atoms with van der Waals surface area (Å²) in [6, 6.07) is 11.8. The quantitative estimate of drug-likeness (QED) is 0.884. The summed E-state index contributed by atoms with van der Waals surface area (Å²) in [6.07, 6.45) is 0.675. The summed E-state index contributed by atoms with van der Waals surface area (Å²) in [5.41, 5.74) is 0.0641. The third-order valence-electron chi connectivity index (χ3n) is 4.48. The van der Waals surface area contributed by atoms with Crippen molar-refractivity contribution in [3.05, 3.63) is 71.3 Å². The highest BCUT2D eigenvalue weighted by Crippen LogP contribution is 2.47. The molecule has 126 valence electrons. The molecule has 3 atom stereocenters. The van der Waals surface area contributed by atoms with Crippen LogP contribution in [0, 0.1) is 17.6 Å². The second-order valence-electron chi connectivity index (χ2n) is 6.50. The van der Waals surface area contributed by atoms with Gasteiger partial charge in [0.05, 0.1) is 6.54 Å². The van der Waals surface area contributed by atoms with Crippen molar-refractivity contribution in [2.45, 2.75) is 24.9 Å². The van der Waals surface area contributed by atoms with Gasteiger partial charge in [0.25, 0.3) is 0 Å². The lowest BCUT2D eigenvalue weighted by molar-refractivity contribution is -0.123. The van der Waals surface area contributed by atoms with E-state index in [4.69, 9.17) is 0 Å². The van der Waals surface area contributed by atoms with Crippen LogP contribution in [0.1, 0.15) is 30.4 Å². The zero-order chi connectivity index (χ0) is 17.3. The summed E-state index contributed by atoms with van der Waals surface area (Å²) in [6.45, 7) is 1.60. The molecule has 0 spiro atoms. The van der Waals surface area contributed by atoms with Crippen LogP contribution in [-0.2, 0) is 10.4 Å². The maximum atomic E-state index is 13.2. The molecule has 0 aliphatic heterocycles. The molecule has 0 saturated heterocycles. The molecule has 0 unspecified atom stereocenters. The first kappa shape index (κ1) is 16.6. The van der Waals surface area contributed by atoms with Crippen LogP contribution in [0.15, 0.2) is 48.5 Å². The highest BCUT2D eigenvalue weighted by Gasteiger charge is 2.44. The molecule has 1 aliphatic carbocycles. The molecule has 1 fully saturated rings.